The monoisotopic (exact) mass is 281 g/mol. The Hall–Kier alpha value is -1.10. The first-order chi connectivity index (χ1) is 9.10. The third-order valence-corrected chi connectivity index (χ3v) is 4.02. The topological polar surface area (TPSA) is 58.4 Å². The molecular weight excluding hydrogens is 262 g/mol. The number of hydrogen-bond donors (Lipinski definition) is 2. The van der Waals surface area contributed by atoms with E-state index in [-0.39, 0.29) is 5.91 Å². The van der Waals surface area contributed by atoms with Gasteiger partial charge in [-0.3, -0.25) is 9.69 Å². The van der Waals surface area contributed by atoms with E-state index in [0.29, 0.717) is 24.0 Å². The molecule has 1 fully saturated rings. The number of anilines is 1. The molecule has 0 aliphatic carbocycles. The van der Waals surface area contributed by atoms with Gasteiger partial charge in [0.1, 0.15) is 0 Å². The van der Waals surface area contributed by atoms with Crippen LogP contribution in [0.1, 0.15) is 12.0 Å². The smallest absolute Gasteiger partial charge is 0.238 e. The van der Waals surface area contributed by atoms with Crippen LogP contribution in [0.25, 0.3) is 0 Å². The van der Waals surface area contributed by atoms with Gasteiger partial charge in [0, 0.05) is 17.3 Å². The lowest BCUT2D eigenvalue weighted by Crippen LogP contribution is -2.32. The quantitative estimate of drug-likeness (QED) is 0.886. The van der Waals surface area contributed by atoms with Crippen LogP contribution in [-0.2, 0) is 4.79 Å². The minimum Gasteiger partial charge on any atom is -0.330 e. The number of hydrogen-bond acceptors (Lipinski definition) is 3. The maximum atomic E-state index is 12.0. The number of likely N-dealkylation sites (tertiary alicyclic amines) is 1. The van der Waals surface area contributed by atoms with Crippen molar-refractivity contribution in [1.82, 2.24) is 4.90 Å². The van der Waals surface area contributed by atoms with Gasteiger partial charge in [-0.25, -0.2) is 0 Å². The number of nitrogens with zero attached hydrogens (tertiary/aromatic N) is 1. The first kappa shape index (κ1) is 14.3. The highest BCUT2D eigenvalue weighted by Crippen LogP contribution is 2.23. The zero-order valence-electron chi connectivity index (χ0n) is 11.2. The van der Waals surface area contributed by atoms with Gasteiger partial charge in [0.05, 0.1) is 6.54 Å². The molecule has 104 valence electrons. The van der Waals surface area contributed by atoms with E-state index in [1.54, 1.807) is 0 Å². The van der Waals surface area contributed by atoms with Gasteiger partial charge in [-0.1, -0.05) is 17.7 Å². The average molecular weight is 282 g/mol. The third kappa shape index (κ3) is 3.69. The summed E-state index contributed by atoms with van der Waals surface area (Å²) in [5.74, 6) is 0.531. The fourth-order valence-corrected chi connectivity index (χ4v) is 2.56. The molecule has 1 unspecified atom stereocenters. The van der Waals surface area contributed by atoms with Gasteiger partial charge in [0.25, 0.3) is 0 Å². The maximum absolute atomic E-state index is 12.0. The molecule has 1 saturated heterocycles. The largest absolute Gasteiger partial charge is 0.330 e. The van der Waals surface area contributed by atoms with Crippen LogP contribution in [0.5, 0.6) is 0 Å². The number of carbonyl (C=O) groups excluding carboxylic acids is 1. The summed E-state index contributed by atoms with van der Waals surface area (Å²) in [5, 5.41) is 3.58. The molecule has 5 heteroatoms. The van der Waals surface area contributed by atoms with Gasteiger partial charge >= 0.3 is 0 Å². The Morgan fingerprint density at radius 3 is 3.05 bits per heavy atom. The molecular formula is C14H20ClN3O. The summed E-state index contributed by atoms with van der Waals surface area (Å²) < 4.78 is 0. The van der Waals surface area contributed by atoms with E-state index in [4.69, 9.17) is 17.3 Å². The Morgan fingerprint density at radius 2 is 2.37 bits per heavy atom. The van der Waals surface area contributed by atoms with Crippen molar-refractivity contribution in [2.75, 3.05) is 31.5 Å². The van der Waals surface area contributed by atoms with Gasteiger partial charge < -0.3 is 11.1 Å². The summed E-state index contributed by atoms with van der Waals surface area (Å²) in [4.78, 5) is 14.1. The number of halogens is 1. The van der Waals surface area contributed by atoms with E-state index in [1.807, 2.05) is 25.1 Å². The lowest BCUT2D eigenvalue weighted by atomic mass is 10.1. The van der Waals surface area contributed by atoms with E-state index in [2.05, 4.69) is 10.2 Å². The Morgan fingerprint density at radius 1 is 1.58 bits per heavy atom. The van der Waals surface area contributed by atoms with Crippen molar-refractivity contribution in [2.45, 2.75) is 13.3 Å². The molecule has 1 aliphatic heterocycles. The molecule has 0 radical (unpaired) electrons. The highest BCUT2D eigenvalue weighted by Gasteiger charge is 2.22. The SMILES string of the molecule is Cc1c(Cl)cccc1NC(=O)CN1CCC(CN)C1. The molecule has 0 saturated carbocycles. The van der Waals surface area contributed by atoms with Gasteiger partial charge in [0.15, 0.2) is 0 Å². The van der Waals surface area contributed by atoms with Crippen LogP contribution in [0, 0.1) is 12.8 Å². The predicted molar refractivity (Wildman–Crippen MR) is 78.4 cm³/mol. The molecule has 1 heterocycles. The fraction of sp³-hybridized carbons (Fsp3) is 0.500. The molecule has 1 aromatic carbocycles. The Kier molecular flexibility index (Phi) is 4.80. The summed E-state index contributed by atoms with van der Waals surface area (Å²) in [5.41, 5.74) is 7.33. The minimum atomic E-state index is 0.00281. The van der Waals surface area contributed by atoms with Gasteiger partial charge in [-0.15, -0.1) is 0 Å². The van der Waals surface area contributed by atoms with E-state index in [1.165, 1.54) is 0 Å². The van der Waals surface area contributed by atoms with Crippen LogP contribution in [0.2, 0.25) is 5.02 Å². The second-order valence-corrected chi connectivity index (χ2v) is 5.49. The van der Waals surface area contributed by atoms with Gasteiger partial charge in [-0.05, 0) is 50.0 Å². The van der Waals surface area contributed by atoms with Crippen molar-refractivity contribution in [3.05, 3.63) is 28.8 Å². The number of benzene rings is 1. The molecule has 0 bridgehead atoms. The molecule has 2 rings (SSSR count). The van der Waals surface area contributed by atoms with Crippen molar-refractivity contribution < 1.29 is 4.79 Å². The van der Waals surface area contributed by atoms with Crippen molar-refractivity contribution in [3.63, 3.8) is 0 Å². The van der Waals surface area contributed by atoms with Gasteiger partial charge in [0.2, 0.25) is 5.91 Å². The van der Waals surface area contributed by atoms with Crippen LogP contribution >= 0.6 is 11.6 Å². The fourth-order valence-electron chi connectivity index (χ4n) is 2.38. The normalized spacial score (nSPS) is 19.6. The first-order valence-corrected chi connectivity index (χ1v) is 6.95. The summed E-state index contributed by atoms with van der Waals surface area (Å²) >= 11 is 6.03. The molecule has 0 aromatic heterocycles. The van der Waals surface area contributed by atoms with Crippen molar-refractivity contribution in [2.24, 2.45) is 11.7 Å². The molecule has 0 spiro atoms. The molecule has 1 aromatic rings. The Bertz CT molecular complexity index is 464. The lowest BCUT2D eigenvalue weighted by Gasteiger charge is -2.16. The Labute approximate surface area is 118 Å². The van der Waals surface area contributed by atoms with Crippen LogP contribution in [0.15, 0.2) is 18.2 Å². The lowest BCUT2D eigenvalue weighted by molar-refractivity contribution is -0.117. The van der Waals surface area contributed by atoms with E-state index >= 15 is 0 Å². The van der Waals surface area contributed by atoms with E-state index in [9.17, 15) is 4.79 Å². The van der Waals surface area contributed by atoms with Gasteiger partial charge in [-0.2, -0.15) is 0 Å². The highest BCUT2D eigenvalue weighted by molar-refractivity contribution is 6.31. The van der Waals surface area contributed by atoms with E-state index in [0.717, 1.165) is 30.8 Å². The number of amides is 1. The molecule has 1 aliphatic rings. The molecule has 1 atom stereocenters. The standard InChI is InChI=1S/C14H20ClN3O/c1-10-12(15)3-2-4-13(10)17-14(19)9-18-6-5-11(7-16)8-18/h2-4,11H,5-9,16H2,1H3,(H,17,19). The molecule has 19 heavy (non-hydrogen) atoms. The molecule has 1 amide bonds. The van der Waals surface area contributed by atoms with Crippen molar-refractivity contribution in [3.8, 4) is 0 Å². The number of carbonyl (C=O) groups is 1. The maximum Gasteiger partial charge on any atom is 0.238 e. The first-order valence-electron chi connectivity index (χ1n) is 6.57. The third-order valence-electron chi connectivity index (χ3n) is 3.61. The van der Waals surface area contributed by atoms with Crippen LogP contribution < -0.4 is 11.1 Å². The summed E-state index contributed by atoms with van der Waals surface area (Å²) in [6.45, 7) is 4.88. The Balaban J connectivity index is 1.89. The van der Waals surface area contributed by atoms with Crippen LogP contribution in [0.3, 0.4) is 0 Å². The van der Waals surface area contributed by atoms with Crippen molar-refractivity contribution in [1.29, 1.82) is 0 Å². The highest BCUT2D eigenvalue weighted by atomic mass is 35.5. The average Bonchev–Trinajstić information content (AvgIpc) is 2.82. The molecule has 3 N–H and O–H groups in total. The minimum absolute atomic E-state index is 0.00281. The van der Waals surface area contributed by atoms with Crippen LogP contribution in [-0.4, -0.2) is 37.0 Å². The van der Waals surface area contributed by atoms with E-state index < -0.39 is 0 Å². The van der Waals surface area contributed by atoms with Crippen molar-refractivity contribution >= 4 is 23.2 Å². The zero-order chi connectivity index (χ0) is 13.8. The summed E-state index contributed by atoms with van der Waals surface area (Å²) in [6, 6.07) is 5.52. The zero-order valence-corrected chi connectivity index (χ0v) is 11.9. The summed E-state index contributed by atoms with van der Waals surface area (Å²) in [6.07, 6.45) is 1.08. The summed E-state index contributed by atoms with van der Waals surface area (Å²) in [7, 11) is 0. The predicted octanol–water partition coefficient (Wildman–Crippen LogP) is 1.87. The van der Waals surface area contributed by atoms with Crippen LogP contribution in [0.4, 0.5) is 5.69 Å². The number of rotatable bonds is 4. The second-order valence-electron chi connectivity index (χ2n) is 5.09. The number of nitrogens with two attached hydrogens (primary N) is 1. The number of nitrogens with one attached hydrogen (secondary N) is 1. The molecule has 4 nitrogen and oxygen atoms in total. The second kappa shape index (κ2) is 6.37.